The van der Waals surface area contributed by atoms with Crippen LogP contribution in [0.15, 0.2) is 43.5 Å². The first-order chi connectivity index (χ1) is 9.69. The van der Waals surface area contributed by atoms with Gasteiger partial charge in [0.2, 0.25) is 0 Å². The number of aromatic nitrogens is 3. The maximum Gasteiger partial charge on any atom is 0.180 e. The topological polar surface area (TPSA) is 41.6 Å². The van der Waals surface area contributed by atoms with Gasteiger partial charge in [-0.3, -0.25) is 5.10 Å². The number of nitrogens with zero attached hydrogens (tertiary/aromatic N) is 2. The van der Waals surface area contributed by atoms with Gasteiger partial charge in [-0.15, -0.1) is 6.58 Å². The van der Waals surface area contributed by atoms with Gasteiger partial charge in [0, 0.05) is 5.57 Å². The van der Waals surface area contributed by atoms with Crippen molar-refractivity contribution in [3.05, 3.63) is 55.2 Å². The molecule has 1 rings (SSSR count). The zero-order valence-corrected chi connectivity index (χ0v) is 14.2. The molecule has 1 aromatic rings. The molecule has 1 aromatic heterocycles. The van der Waals surface area contributed by atoms with Crippen LogP contribution in [0.1, 0.15) is 53.2 Å². The molecule has 0 amide bonds. The molecule has 0 saturated heterocycles. The molecule has 1 N–H and O–H groups in total. The summed E-state index contributed by atoms with van der Waals surface area (Å²) < 4.78 is 0. The summed E-state index contributed by atoms with van der Waals surface area (Å²) in [6, 6.07) is 0. The fraction of sp³-hybridized carbons (Fsp3) is 0.412. The lowest BCUT2D eigenvalue weighted by Crippen LogP contribution is -1.83. The Morgan fingerprint density at radius 2 is 1.60 bits per heavy atom. The fourth-order valence-electron chi connectivity index (χ4n) is 0.943. The lowest BCUT2D eigenvalue weighted by molar-refractivity contribution is 1.03. The first-order valence-corrected chi connectivity index (χ1v) is 7.11. The molecule has 20 heavy (non-hydrogen) atoms. The molecular weight excluding hydrogens is 246 g/mol. The van der Waals surface area contributed by atoms with E-state index in [1.807, 2.05) is 66.7 Å². The van der Waals surface area contributed by atoms with Crippen molar-refractivity contribution in [2.24, 2.45) is 0 Å². The monoisotopic (exact) mass is 277 g/mol. The summed E-state index contributed by atoms with van der Waals surface area (Å²) in [5, 5.41) is 6.85. The molecule has 0 fully saturated rings. The third kappa shape index (κ3) is 12.6. The molecule has 0 aromatic carbocycles. The predicted molar refractivity (Wildman–Crippen MR) is 92.7 cm³/mol. The summed E-state index contributed by atoms with van der Waals surface area (Å²) in [5.41, 5.74) is 0.990. The van der Waals surface area contributed by atoms with Gasteiger partial charge < -0.3 is 0 Å². The van der Waals surface area contributed by atoms with E-state index in [1.54, 1.807) is 12.2 Å². The standard InChI is InChI=1S/C10H13N3.C3H6.2C2H6/c1-4-6-7-9(5-2)10-11-8(3)12-13-10;1-3-2;2*1-2/h4-7H,1H2,2-3H3,(H,11,12,13);3H,1H2,2H3;2*1-2H3/b7-6-,9-5+;;;. The van der Waals surface area contributed by atoms with Gasteiger partial charge in [-0.05, 0) is 20.8 Å². The van der Waals surface area contributed by atoms with Crippen LogP contribution in [0.4, 0.5) is 0 Å². The third-order valence-corrected chi connectivity index (χ3v) is 1.58. The molecule has 0 atom stereocenters. The van der Waals surface area contributed by atoms with Crippen molar-refractivity contribution in [3.63, 3.8) is 0 Å². The second-order valence-corrected chi connectivity index (χ2v) is 2.99. The Morgan fingerprint density at radius 3 is 1.90 bits per heavy atom. The van der Waals surface area contributed by atoms with Crippen molar-refractivity contribution >= 4 is 5.57 Å². The molecule has 114 valence electrons. The first-order valence-electron chi connectivity index (χ1n) is 7.11. The average molecular weight is 277 g/mol. The zero-order chi connectivity index (χ0) is 16.4. The van der Waals surface area contributed by atoms with Crippen LogP contribution in [0.3, 0.4) is 0 Å². The molecule has 3 nitrogen and oxygen atoms in total. The van der Waals surface area contributed by atoms with Crippen LogP contribution in [0.2, 0.25) is 0 Å². The summed E-state index contributed by atoms with van der Waals surface area (Å²) in [4.78, 5) is 4.21. The van der Waals surface area contributed by atoms with Crippen LogP contribution in [0.25, 0.3) is 5.57 Å². The Morgan fingerprint density at radius 1 is 1.10 bits per heavy atom. The number of aromatic amines is 1. The second kappa shape index (κ2) is 19.4. The van der Waals surface area contributed by atoms with E-state index in [9.17, 15) is 0 Å². The zero-order valence-electron chi connectivity index (χ0n) is 14.2. The minimum absolute atomic E-state index is 0.720. The van der Waals surface area contributed by atoms with Gasteiger partial charge in [0.05, 0.1) is 0 Å². The van der Waals surface area contributed by atoms with E-state index in [4.69, 9.17) is 0 Å². The highest BCUT2D eigenvalue weighted by Gasteiger charge is 2.01. The summed E-state index contributed by atoms with van der Waals surface area (Å²) in [5.74, 6) is 1.54. The van der Waals surface area contributed by atoms with E-state index in [2.05, 4.69) is 28.3 Å². The van der Waals surface area contributed by atoms with Crippen molar-refractivity contribution < 1.29 is 0 Å². The summed E-state index contributed by atoms with van der Waals surface area (Å²) in [7, 11) is 0. The SMILES string of the molecule is C=C/C=C\C(=C/C)c1n[nH]c(C)n1.C=CC.CC.CC. The summed E-state index contributed by atoms with van der Waals surface area (Å²) in [6.45, 7) is 20.7. The lowest BCUT2D eigenvalue weighted by Gasteiger charge is -1.91. The number of hydrogen-bond donors (Lipinski definition) is 1. The molecule has 0 unspecified atom stereocenters. The lowest BCUT2D eigenvalue weighted by atomic mass is 10.2. The van der Waals surface area contributed by atoms with E-state index in [0.29, 0.717) is 0 Å². The molecule has 3 heteroatoms. The van der Waals surface area contributed by atoms with Gasteiger partial charge >= 0.3 is 0 Å². The Labute approximate surface area is 125 Å². The number of rotatable bonds is 3. The number of nitrogens with one attached hydrogen (secondary N) is 1. The van der Waals surface area contributed by atoms with Gasteiger partial charge in [0.15, 0.2) is 5.82 Å². The smallest absolute Gasteiger partial charge is 0.180 e. The molecule has 0 bridgehead atoms. The minimum atomic E-state index is 0.720. The Bertz CT molecular complexity index is 385. The Hall–Kier alpha value is -1.90. The van der Waals surface area contributed by atoms with E-state index in [1.165, 1.54) is 0 Å². The van der Waals surface area contributed by atoms with Gasteiger partial charge in [-0.1, -0.05) is 64.7 Å². The third-order valence-electron chi connectivity index (χ3n) is 1.58. The molecular formula is C17H31N3. The van der Waals surface area contributed by atoms with Crippen LogP contribution >= 0.6 is 0 Å². The van der Waals surface area contributed by atoms with E-state index >= 15 is 0 Å². The Balaban J connectivity index is -0.000000355. The van der Waals surface area contributed by atoms with Crippen molar-refractivity contribution in [2.45, 2.75) is 48.5 Å². The molecule has 0 aliphatic carbocycles. The van der Waals surface area contributed by atoms with Crippen LogP contribution in [-0.4, -0.2) is 15.2 Å². The quantitative estimate of drug-likeness (QED) is 0.585. The number of H-pyrrole nitrogens is 1. The predicted octanol–water partition coefficient (Wildman–Crippen LogP) is 5.50. The van der Waals surface area contributed by atoms with Crippen molar-refractivity contribution in [3.8, 4) is 0 Å². The van der Waals surface area contributed by atoms with Gasteiger partial charge in [-0.25, -0.2) is 4.98 Å². The maximum absolute atomic E-state index is 4.21. The summed E-state index contributed by atoms with van der Waals surface area (Å²) >= 11 is 0. The fourth-order valence-corrected chi connectivity index (χ4v) is 0.943. The Kier molecular flexibility index (Phi) is 22.6. The first kappa shape index (κ1) is 23.2. The molecule has 0 aliphatic heterocycles. The maximum atomic E-state index is 4.21. The average Bonchev–Trinajstić information content (AvgIpc) is 2.91. The molecule has 0 aliphatic rings. The van der Waals surface area contributed by atoms with Crippen LogP contribution < -0.4 is 0 Å². The minimum Gasteiger partial charge on any atom is -0.263 e. The van der Waals surface area contributed by atoms with Gasteiger partial charge in [0.25, 0.3) is 0 Å². The second-order valence-electron chi connectivity index (χ2n) is 2.99. The van der Waals surface area contributed by atoms with E-state index < -0.39 is 0 Å². The van der Waals surface area contributed by atoms with Crippen LogP contribution in [0.5, 0.6) is 0 Å². The van der Waals surface area contributed by atoms with Crippen molar-refractivity contribution in [1.82, 2.24) is 15.2 Å². The molecule has 0 saturated carbocycles. The molecule has 0 spiro atoms. The van der Waals surface area contributed by atoms with Crippen LogP contribution in [-0.2, 0) is 0 Å². The highest BCUT2D eigenvalue weighted by molar-refractivity contribution is 5.69. The summed E-state index contributed by atoms with van der Waals surface area (Å²) in [6.07, 6.45) is 9.22. The number of hydrogen-bond acceptors (Lipinski definition) is 2. The molecule has 0 radical (unpaired) electrons. The number of allylic oxidation sites excluding steroid dienone is 6. The van der Waals surface area contributed by atoms with Crippen molar-refractivity contribution in [2.75, 3.05) is 0 Å². The highest BCUT2D eigenvalue weighted by Crippen LogP contribution is 2.10. The van der Waals surface area contributed by atoms with Gasteiger partial charge in [-0.2, -0.15) is 5.10 Å². The largest absolute Gasteiger partial charge is 0.263 e. The van der Waals surface area contributed by atoms with Gasteiger partial charge in [0.1, 0.15) is 5.82 Å². The van der Waals surface area contributed by atoms with Crippen LogP contribution in [0, 0.1) is 6.92 Å². The van der Waals surface area contributed by atoms with E-state index in [0.717, 1.165) is 17.2 Å². The normalized spacial score (nSPS) is 9.25. The highest BCUT2D eigenvalue weighted by atomic mass is 15.2. The van der Waals surface area contributed by atoms with Crippen molar-refractivity contribution in [1.29, 1.82) is 0 Å². The number of aryl methyl sites for hydroxylation is 1. The van der Waals surface area contributed by atoms with E-state index in [-0.39, 0.29) is 0 Å². The molecule has 1 heterocycles.